The van der Waals surface area contributed by atoms with Gasteiger partial charge in [-0.2, -0.15) is 0 Å². The second kappa shape index (κ2) is 4.84. The van der Waals surface area contributed by atoms with E-state index < -0.39 is 0 Å². The molecule has 4 rings (SSSR count). The van der Waals surface area contributed by atoms with Gasteiger partial charge in [-0.15, -0.1) is 11.3 Å². The first kappa shape index (κ1) is 11.9. The first-order valence-corrected chi connectivity index (χ1v) is 7.15. The number of rotatable bonds is 3. The van der Waals surface area contributed by atoms with Crippen molar-refractivity contribution in [3.63, 3.8) is 0 Å². The van der Waals surface area contributed by atoms with Crippen LogP contribution in [0.3, 0.4) is 0 Å². The summed E-state index contributed by atoms with van der Waals surface area (Å²) in [5.41, 5.74) is 2.97. The second-order valence-corrected chi connectivity index (χ2v) is 6.44. The Bertz CT molecular complexity index is 389. The molecule has 4 nitrogen and oxygen atoms in total. The number of hydrogen-bond acceptors (Lipinski definition) is 5. The lowest BCUT2D eigenvalue weighted by atomic mass is 9.99. The Kier molecular flexibility index (Phi) is 3.38. The first-order valence-electron chi connectivity index (χ1n) is 5.95. The summed E-state index contributed by atoms with van der Waals surface area (Å²) in [7, 11) is 0. The molecule has 0 aliphatic carbocycles. The van der Waals surface area contributed by atoms with Crippen molar-refractivity contribution in [2.75, 3.05) is 32.7 Å². The predicted octanol–water partition coefficient (Wildman–Crippen LogP) is 0.906. The Balaban J connectivity index is 1.81. The van der Waals surface area contributed by atoms with Crippen LogP contribution in [-0.2, 0) is 0 Å². The molecule has 0 spiro atoms. The third-order valence-electron chi connectivity index (χ3n) is 3.79. The van der Waals surface area contributed by atoms with E-state index in [1.165, 1.54) is 18.0 Å². The van der Waals surface area contributed by atoms with E-state index >= 15 is 0 Å². The van der Waals surface area contributed by atoms with Crippen LogP contribution in [0.4, 0.5) is 0 Å². The number of thiophene rings is 1. The van der Waals surface area contributed by atoms with E-state index in [1.54, 1.807) is 11.3 Å². The minimum atomic E-state index is 0.190. The van der Waals surface area contributed by atoms with Gasteiger partial charge in [0.2, 0.25) is 0 Å². The van der Waals surface area contributed by atoms with Gasteiger partial charge in [0.1, 0.15) is 0 Å². The fourth-order valence-electron chi connectivity index (χ4n) is 2.85. The van der Waals surface area contributed by atoms with E-state index in [4.69, 9.17) is 17.4 Å². The highest BCUT2D eigenvalue weighted by Crippen LogP contribution is 2.32. The van der Waals surface area contributed by atoms with E-state index in [-0.39, 0.29) is 6.04 Å². The molecular weight excluding hydrogens is 256 g/mol. The molecule has 2 unspecified atom stereocenters. The van der Waals surface area contributed by atoms with Crippen LogP contribution in [0.25, 0.3) is 0 Å². The minimum Gasteiger partial charge on any atom is -0.299 e. The Labute approximate surface area is 110 Å². The predicted molar refractivity (Wildman–Crippen MR) is 71.2 cm³/mol. The summed E-state index contributed by atoms with van der Waals surface area (Å²) in [5.74, 6) is 5.75. The van der Waals surface area contributed by atoms with Crippen molar-refractivity contribution < 1.29 is 0 Å². The lowest BCUT2D eigenvalue weighted by molar-refractivity contribution is -0.00315. The maximum atomic E-state index is 6.01. The van der Waals surface area contributed by atoms with Crippen LogP contribution >= 0.6 is 22.9 Å². The van der Waals surface area contributed by atoms with Gasteiger partial charge in [-0.3, -0.25) is 21.1 Å². The number of fused-ring (bicyclic) bond motifs is 3. The molecule has 1 aromatic rings. The van der Waals surface area contributed by atoms with Crippen molar-refractivity contribution in [1.82, 2.24) is 15.2 Å². The highest BCUT2D eigenvalue weighted by Gasteiger charge is 2.37. The molecule has 6 heteroatoms. The molecule has 3 N–H and O–H groups in total. The molecule has 0 saturated carbocycles. The number of piperazine rings is 3. The van der Waals surface area contributed by atoms with E-state index in [0.717, 1.165) is 24.0 Å². The van der Waals surface area contributed by atoms with E-state index in [9.17, 15) is 0 Å². The van der Waals surface area contributed by atoms with Gasteiger partial charge in [-0.25, -0.2) is 0 Å². The van der Waals surface area contributed by atoms with Gasteiger partial charge in [0.15, 0.2) is 0 Å². The van der Waals surface area contributed by atoms with Crippen molar-refractivity contribution in [2.45, 2.75) is 12.1 Å². The molecule has 3 aliphatic heterocycles. The number of nitrogens with zero attached hydrogens (tertiary/aromatic N) is 2. The highest BCUT2D eigenvalue weighted by molar-refractivity contribution is 7.16. The first-order chi connectivity index (χ1) is 8.28. The lowest BCUT2D eigenvalue weighted by Gasteiger charge is -2.49. The van der Waals surface area contributed by atoms with Crippen LogP contribution in [-0.4, -0.2) is 48.6 Å². The molecule has 3 saturated heterocycles. The fourth-order valence-corrected chi connectivity index (χ4v) is 4.03. The monoisotopic (exact) mass is 272 g/mol. The molecule has 2 atom stereocenters. The summed E-state index contributed by atoms with van der Waals surface area (Å²) < 4.78 is 0.830. The molecule has 0 amide bonds. The number of nitrogens with one attached hydrogen (secondary N) is 1. The van der Waals surface area contributed by atoms with Crippen molar-refractivity contribution in [1.29, 1.82) is 0 Å². The fraction of sp³-hybridized carbons (Fsp3) is 0.636. The molecule has 3 fully saturated rings. The average Bonchev–Trinajstić information content (AvgIpc) is 2.78. The minimum absolute atomic E-state index is 0.190. The quantitative estimate of drug-likeness (QED) is 0.634. The van der Waals surface area contributed by atoms with Crippen molar-refractivity contribution in [2.24, 2.45) is 5.84 Å². The number of hydrogen-bond donors (Lipinski definition) is 2. The number of halogens is 1. The van der Waals surface area contributed by atoms with Crippen LogP contribution < -0.4 is 11.3 Å². The van der Waals surface area contributed by atoms with Gasteiger partial charge >= 0.3 is 0 Å². The molecule has 2 bridgehead atoms. The maximum Gasteiger partial charge on any atom is 0.0931 e. The summed E-state index contributed by atoms with van der Waals surface area (Å²) in [6.07, 6.45) is 0. The van der Waals surface area contributed by atoms with Crippen molar-refractivity contribution >= 4 is 22.9 Å². The van der Waals surface area contributed by atoms with E-state index in [2.05, 4.69) is 21.3 Å². The van der Waals surface area contributed by atoms with Crippen molar-refractivity contribution in [3.8, 4) is 0 Å². The van der Waals surface area contributed by atoms with Gasteiger partial charge in [0.25, 0.3) is 0 Å². The summed E-state index contributed by atoms with van der Waals surface area (Å²) in [6.45, 7) is 5.80. The molecule has 4 heterocycles. The smallest absolute Gasteiger partial charge is 0.0931 e. The zero-order chi connectivity index (χ0) is 11.8. The number of nitrogens with two attached hydrogens (primary N) is 1. The molecule has 0 aromatic carbocycles. The third-order valence-corrected chi connectivity index (χ3v) is 5.10. The summed E-state index contributed by atoms with van der Waals surface area (Å²) >= 11 is 7.62. The van der Waals surface area contributed by atoms with Gasteiger partial charge in [-0.1, -0.05) is 11.6 Å². The number of hydrazine groups is 1. The van der Waals surface area contributed by atoms with Gasteiger partial charge in [-0.05, 0) is 12.1 Å². The Morgan fingerprint density at radius 3 is 2.59 bits per heavy atom. The van der Waals surface area contributed by atoms with Gasteiger partial charge in [0.05, 0.1) is 10.4 Å². The van der Waals surface area contributed by atoms with Crippen LogP contribution in [0.2, 0.25) is 4.34 Å². The SMILES string of the molecule is NNC(c1ccc(Cl)s1)C1CN2CCN1CC2. The summed E-state index contributed by atoms with van der Waals surface area (Å²) in [6, 6.07) is 4.69. The second-order valence-electron chi connectivity index (χ2n) is 4.69. The van der Waals surface area contributed by atoms with Crippen LogP contribution in [0, 0.1) is 0 Å². The largest absolute Gasteiger partial charge is 0.299 e. The molecule has 0 radical (unpaired) electrons. The Morgan fingerprint density at radius 1 is 1.35 bits per heavy atom. The molecule has 1 aromatic heterocycles. The van der Waals surface area contributed by atoms with E-state index in [1.807, 2.05) is 6.07 Å². The normalized spacial score (nSPS) is 33.9. The summed E-state index contributed by atoms with van der Waals surface area (Å²) in [4.78, 5) is 6.29. The third kappa shape index (κ3) is 2.23. The highest BCUT2D eigenvalue weighted by atomic mass is 35.5. The van der Waals surface area contributed by atoms with Crippen LogP contribution in [0.5, 0.6) is 0 Å². The zero-order valence-electron chi connectivity index (χ0n) is 9.60. The molecule has 3 aliphatic rings. The Morgan fingerprint density at radius 2 is 2.12 bits per heavy atom. The van der Waals surface area contributed by atoms with E-state index in [0.29, 0.717) is 6.04 Å². The maximum absolute atomic E-state index is 6.01. The van der Waals surface area contributed by atoms with Gasteiger partial charge < -0.3 is 0 Å². The summed E-state index contributed by atoms with van der Waals surface area (Å²) in [5, 5.41) is 0. The molecule has 94 valence electrons. The molecule has 17 heavy (non-hydrogen) atoms. The lowest BCUT2D eigenvalue weighted by Crippen LogP contribution is -2.64. The standard InChI is InChI=1S/C11H17ClN4S/c12-10-2-1-9(17-10)11(14-13)8-7-15-3-5-16(8)6-4-15/h1-2,8,11,14H,3-7,13H2. The van der Waals surface area contributed by atoms with Crippen molar-refractivity contribution in [3.05, 3.63) is 21.3 Å². The Hall–Kier alpha value is -0.170. The molecular formula is C11H17ClN4S. The van der Waals surface area contributed by atoms with Crippen LogP contribution in [0.1, 0.15) is 10.9 Å². The topological polar surface area (TPSA) is 44.5 Å². The van der Waals surface area contributed by atoms with Crippen LogP contribution in [0.15, 0.2) is 12.1 Å². The zero-order valence-corrected chi connectivity index (χ0v) is 11.2. The van der Waals surface area contributed by atoms with Gasteiger partial charge in [0, 0.05) is 43.6 Å². The average molecular weight is 273 g/mol.